The molecule has 2 aromatic carbocycles. The Morgan fingerprint density at radius 1 is 1.00 bits per heavy atom. The largest absolute Gasteiger partial charge is 0.416 e. The highest BCUT2D eigenvalue weighted by Gasteiger charge is 2.30. The summed E-state index contributed by atoms with van der Waals surface area (Å²) in [7, 11) is 0. The highest BCUT2D eigenvalue weighted by atomic mass is 19.4. The molecule has 1 aliphatic rings. The average Bonchev–Trinajstić information content (AvgIpc) is 3.62. The first-order valence-electron chi connectivity index (χ1n) is 13.0. The van der Waals surface area contributed by atoms with Crippen LogP contribution >= 0.6 is 0 Å². The first-order chi connectivity index (χ1) is 18.8. The number of halogens is 3. The van der Waals surface area contributed by atoms with E-state index < -0.39 is 11.7 Å². The van der Waals surface area contributed by atoms with Crippen LogP contribution in [0.25, 0.3) is 5.69 Å². The number of carbonyl (C=O) groups is 1. The van der Waals surface area contributed by atoms with Gasteiger partial charge in [-0.05, 0) is 54.3 Å². The summed E-state index contributed by atoms with van der Waals surface area (Å²) in [6.07, 6.45) is 6.49. The summed E-state index contributed by atoms with van der Waals surface area (Å²) in [6.45, 7) is 3.01. The number of nitrogens with one attached hydrogen (secondary N) is 2. The van der Waals surface area contributed by atoms with E-state index in [1.165, 1.54) is 12.1 Å². The molecule has 0 aliphatic carbocycles. The van der Waals surface area contributed by atoms with Gasteiger partial charge in [-0.15, -0.1) is 0 Å². The van der Waals surface area contributed by atoms with Crippen molar-refractivity contribution in [1.82, 2.24) is 29.7 Å². The number of aromatic nitrogens is 3. The number of imidazole rings is 1. The predicted molar refractivity (Wildman–Crippen MR) is 142 cm³/mol. The van der Waals surface area contributed by atoms with E-state index >= 15 is 0 Å². The van der Waals surface area contributed by atoms with Crippen molar-refractivity contribution in [2.45, 2.75) is 44.2 Å². The smallest absolute Gasteiger partial charge is 0.335 e. The van der Waals surface area contributed by atoms with Crippen LogP contribution in [0.1, 0.15) is 35.6 Å². The minimum Gasteiger partial charge on any atom is -0.335 e. The second-order valence-corrected chi connectivity index (χ2v) is 9.86. The number of rotatable bonds is 8. The van der Waals surface area contributed by atoms with E-state index in [-0.39, 0.29) is 18.1 Å². The molecule has 4 aromatic rings. The molecule has 0 unspecified atom stereocenters. The lowest BCUT2D eigenvalue weighted by atomic mass is 10.0. The Morgan fingerprint density at radius 2 is 1.74 bits per heavy atom. The summed E-state index contributed by atoms with van der Waals surface area (Å²) in [4.78, 5) is 19.3. The first-order valence-corrected chi connectivity index (χ1v) is 13.0. The summed E-state index contributed by atoms with van der Waals surface area (Å²) in [5.74, 6) is 0. The van der Waals surface area contributed by atoms with Crippen LogP contribution in [0, 0.1) is 0 Å². The molecule has 7 nitrogen and oxygen atoms in total. The molecule has 10 heteroatoms. The highest BCUT2D eigenvalue weighted by Crippen LogP contribution is 2.29. The van der Waals surface area contributed by atoms with E-state index in [1.54, 1.807) is 12.5 Å². The summed E-state index contributed by atoms with van der Waals surface area (Å²) >= 11 is 0. The SMILES string of the molecule is O=C(NC1CCN(Cc2ccn(-c3ccc(C(F)(F)F)cc3)c2)CC1)N[C@@H](Cn1ccnc1)c1ccccc1. The van der Waals surface area contributed by atoms with E-state index in [9.17, 15) is 18.0 Å². The van der Waals surface area contributed by atoms with E-state index in [0.29, 0.717) is 12.2 Å². The summed E-state index contributed by atoms with van der Waals surface area (Å²) in [5.41, 5.74) is 2.14. The number of likely N-dealkylation sites (tertiary alicyclic amines) is 1. The van der Waals surface area contributed by atoms with Crippen LogP contribution in [-0.4, -0.2) is 44.2 Å². The Hall–Kier alpha value is -4.05. The van der Waals surface area contributed by atoms with Crippen molar-refractivity contribution in [1.29, 1.82) is 0 Å². The Kier molecular flexibility index (Phi) is 8.02. The second kappa shape index (κ2) is 11.8. The van der Waals surface area contributed by atoms with Crippen LogP contribution in [-0.2, 0) is 19.3 Å². The molecule has 2 N–H and O–H groups in total. The average molecular weight is 537 g/mol. The number of alkyl halides is 3. The number of benzene rings is 2. The Bertz CT molecular complexity index is 1330. The predicted octanol–water partition coefficient (Wildman–Crippen LogP) is 5.40. The maximum absolute atomic E-state index is 12.9. The third-order valence-electron chi connectivity index (χ3n) is 7.04. The summed E-state index contributed by atoms with van der Waals surface area (Å²) in [5, 5.41) is 6.26. The van der Waals surface area contributed by atoms with Crippen molar-refractivity contribution in [3.05, 3.63) is 108 Å². The minimum absolute atomic E-state index is 0.0858. The minimum atomic E-state index is -4.34. The molecule has 0 spiro atoms. The molecule has 0 saturated carbocycles. The molecular weight excluding hydrogens is 505 g/mol. The molecule has 1 aliphatic heterocycles. The zero-order chi connectivity index (χ0) is 27.2. The zero-order valence-corrected chi connectivity index (χ0v) is 21.4. The number of urea groups is 1. The molecule has 39 heavy (non-hydrogen) atoms. The molecule has 204 valence electrons. The lowest BCUT2D eigenvalue weighted by Gasteiger charge is -2.32. The van der Waals surface area contributed by atoms with Crippen LogP contribution < -0.4 is 10.6 Å². The maximum atomic E-state index is 12.9. The Morgan fingerprint density at radius 3 is 2.41 bits per heavy atom. The summed E-state index contributed by atoms with van der Waals surface area (Å²) in [6, 6.07) is 16.7. The van der Waals surface area contributed by atoms with Gasteiger partial charge < -0.3 is 19.8 Å². The quantitative estimate of drug-likeness (QED) is 0.317. The molecule has 0 radical (unpaired) electrons. The standard InChI is InChI=1S/C29H31F3N6O/c30-29(31,32)24-6-8-26(9-7-24)38-16-10-22(19-38)18-36-14-11-25(12-15-36)34-28(39)35-27(20-37-17-13-33-21-37)23-4-2-1-3-5-23/h1-10,13,16-17,19,21,25,27H,11-12,14-15,18,20H2,(H2,34,35,39)/t27-/m0/s1. The number of carbonyl (C=O) groups excluding carboxylic acids is 1. The molecule has 3 heterocycles. The van der Waals surface area contributed by atoms with Crippen LogP contribution in [0.5, 0.6) is 0 Å². The Labute approximate surface area is 225 Å². The van der Waals surface area contributed by atoms with Gasteiger partial charge in [-0.3, -0.25) is 4.90 Å². The molecular formula is C29H31F3N6O. The van der Waals surface area contributed by atoms with Crippen molar-refractivity contribution in [2.24, 2.45) is 0 Å². The third-order valence-corrected chi connectivity index (χ3v) is 7.04. The molecule has 0 bridgehead atoms. The van der Waals surface area contributed by atoms with E-state index in [1.807, 2.05) is 64.1 Å². The summed E-state index contributed by atoms with van der Waals surface area (Å²) < 4.78 is 42.3. The molecule has 2 aromatic heterocycles. The number of hydrogen-bond acceptors (Lipinski definition) is 3. The van der Waals surface area contributed by atoms with Crippen LogP contribution in [0.3, 0.4) is 0 Å². The van der Waals surface area contributed by atoms with Gasteiger partial charge in [0.1, 0.15) is 0 Å². The van der Waals surface area contributed by atoms with Gasteiger partial charge >= 0.3 is 12.2 Å². The number of hydrogen-bond donors (Lipinski definition) is 2. The van der Waals surface area contributed by atoms with Gasteiger partial charge in [0.2, 0.25) is 0 Å². The van der Waals surface area contributed by atoms with Crippen LogP contribution in [0.2, 0.25) is 0 Å². The third kappa shape index (κ3) is 7.08. The number of amides is 2. The van der Waals surface area contributed by atoms with Crippen LogP contribution in [0.4, 0.5) is 18.0 Å². The number of piperidine rings is 1. The lowest BCUT2D eigenvalue weighted by Crippen LogP contribution is -2.48. The fraction of sp³-hybridized carbons (Fsp3) is 0.310. The van der Waals surface area contributed by atoms with Crippen molar-refractivity contribution in [2.75, 3.05) is 13.1 Å². The van der Waals surface area contributed by atoms with Gasteiger partial charge in [0.25, 0.3) is 0 Å². The van der Waals surface area contributed by atoms with Crippen molar-refractivity contribution >= 4 is 6.03 Å². The van der Waals surface area contributed by atoms with Gasteiger partial charge in [0.15, 0.2) is 0 Å². The van der Waals surface area contributed by atoms with Crippen molar-refractivity contribution in [3.63, 3.8) is 0 Å². The van der Waals surface area contributed by atoms with Gasteiger partial charge in [-0.25, -0.2) is 9.78 Å². The molecule has 5 rings (SSSR count). The van der Waals surface area contributed by atoms with Crippen LogP contribution in [0.15, 0.2) is 91.8 Å². The fourth-order valence-corrected chi connectivity index (χ4v) is 4.92. The van der Waals surface area contributed by atoms with Crippen molar-refractivity contribution < 1.29 is 18.0 Å². The fourth-order valence-electron chi connectivity index (χ4n) is 4.92. The molecule has 2 amide bonds. The molecule has 1 atom stereocenters. The van der Waals surface area contributed by atoms with E-state index in [4.69, 9.17) is 0 Å². The van der Waals surface area contributed by atoms with Gasteiger partial charge in [0.05, 0.1) is 17.9 Å². The first kappa shape index (κ1) is 26.6. The van der Waals surface area contributed by atoms with Gasteiger partial charge in [-0.1, -0.05) is 30.3 Å². The Balaban J connectivity index is 1.10. The molecule has 1 saturated heterocycles. The number of nitrogens with zero attached hydrogens (tertiary/aromatic N) is 4. The van der Waals surface area contributed by atoms with E-state index in [0.717, 1.165) is 55.7 Å². The normalized spacial score (nSPS) is 15.7. The second-order valence-electron chi connectivity index (χ2n) is 9.86. The van der Waals surface area contributed by atoms with Gasteiger partial charge in [-0.2, -0.15) is 13.2 Å². The highest BCUT2D eigenvalue weighted by molar-refractivity contribution is 5.74. The zero-order valence-electron chi connectivity index (χ0n) is 21.4. The topological polar surface area (TPSA) is 67.1 Å². The lowest BCUT2D eigenvalue weighted by molar-refractivity contribution is -0.137. The monoisotopic (exact) mass is 536 g/mol. The van der Waals surface area contributed by atoms with Crippen molar-refractivity contribution in [3.8, 4) is 5.69 Å². The molecule has 1 fully saturated rings. The van der Waals surface area contributed by atoms with Gasteiger partial charge in [0, 0.05) is 62.7 Å². The maximum Gasteiger partial charge on any atom is 0.416 e. The van der Waals surface area contributed by atoms with E-state index in [2.05, 4.69) is 20.5 Å².